The van der Waals surface area contributed by atoms with Crippen LogP contribution in [0.1, 0.15) is 12.7 Å². The quantitative estimate of drug-likeness (QED) is 0.607. The normalized spacial score (nSPS) is 12.4. The minimum Gasteiger partial charge on any atom is -0.381 e. The molecular formula is C7H12N4O2S. The summed E-state index contributed by atoms with van der Waals surface area (Å²) < 4.78 is 4.03. The standard InChI is InChI=1S/C7H12N4O2S/c1-2-5-10-7(14-11-5)9-3-4(12)6(8)13/h4,12H,2-3H2,1H3,(H2,8,13)(H,9,10,11). The predicted molar refractivity (Wildman–Crippen MR) is 53.0 cm³/mol. The zero-order valence-corrected chi connectivity index (χ0v) is 8.54. The number of nitrogens with two attached hydrogens (primary N) is 1. The van der Waals surface area contributed by atoms with Crippen LogP contribution in [0.15, 0.2) is 0 Å². The van der Waals surface area contributed by atoms with E-state index in [2.05, 4.69) is 14.7 Å². The second-order valence-corrected chi connectivity index (χ2v) is 3.42. The molecule has 78 valence electrons. The summed E-state index contributed by atoms with van der Waals surface area (Å²) in [5, 5.41) is 12.4. The molecule has 6 nitrogen and oxygen atoms in total. The molecule has 0 aromatic carbocycles. The van der Waals surface area contributed by atoms with E-state index in [0.29, 0.717) is 5.13 Å². The molecule has 1 aromatic rings. The molecule has 0 bridgehead atoms. The van der Waals surface area contributed by atoms with E-state index in [4.69, 9.17) is 10.8 Å². The van der Waals surface area contributed by atoms with Crippen molar-refractivity contribution in [3.8, 4) is 0 Å². The van der Waals surface area contributed by atoms with Gasteiger partial charge in [0.2, 0.25) is 11.0 Å². The molecule has 1 aromatic heterocycles. The van der Waals surface area contributed by atoms with Crippen LogP contribution in [0.25, 0.3) is 0 Å². The highest BCUT2D eigenvalue weighted by Crippen LogP contribution is 2.10. The van der Waals surface area contributed by atoms with Gasteiger partial charge in [0.15, 0.2) is 0 Å². The predicted octanol–water partition coefficient (Wildman–Crippen LogP) is -0.641. The minimum atomic E-state index is -1.19. The van der Waals surface area contributed by atoms with Crippen LogP contribution in [0.2, 0.25) is 0 Å². The van der Waals surface area contributed by atoms with Crippen molar-refractivity contribution < 1.29 is 9.90 Å². The molecule has 1 unspecified atom stereocenters. The van der Waals surface area contributed by atoms with E-state index in [9.17, 15) is 4.79 Å². The van der Waals surface area contributed by atoms with Gasteiger partial charge >= 0.3 is 0 Å². The molecular weight excluding hydrogens is 204 g/mol. The molecule has 4 N–H and O–H groups in total. The first-order valence-electron chi connectivity index (χ1n) is 4.17. The van der Waals surface area contributed by atoms with E-state index in [1.807, 2.05) is 6.92 Å². The highest BCUT2D eigenvalue weighted by atomic mass is 32.1. The number of hydrogen-bond acceptors (Lipinski definition) is 6. The topological polar surface area (TPSA) is 101 Å². The molecule has 14 heavy (non-hydrogen) atoms. The Kier molecular flexibility index (Phi) is 3.78. The fourth-order valence-electron chi connectivity index (χ4n) is 0.754. The maximum Gasteiger partial charge on any atom is 0.248 e. The lowest BCUT2D eigenvalue weighted by Crippen LogP contribution is -2.34. The van der Waals surface area contributed by atoms with Crippen molar-refractivity contribution in [2.75, 3.05) is 11.9 Å². The van der Waals surface area contributed by atoms with Gasteiger partial charge in [-0.05, 0) is 0 Å². The SMILES string of the molecule is CCc1nsc(NCC(O)C(N)=O)n1. The fourth-order valence-corrected chi connectivity index (χ4v) is 1.41. The van der Waals surface area contributed by atoms with E-state index in [0.717, 1.165) is 12.2 Å². The fraction of sp³-hybridized carbons (Fsp3) is 0.571. The van der Waals surface area contributed by atoms with Gasteiger partial charge in [-0.25, -0.2) is 4.98 Å². The Morgan fingerprint density at radius 2 is 2.50 bits per heavy atom. The number of aryl methyl sites for hydroxylation is 1. The summed E-state index contributed by atoms with van der Waals surface area (Å²) in [7, 11) is 0. The number of anilines is 1. The second-order valence-electron chi connectivity index (χ2n) is 2.67. The Bertz CT molecular complexity index is 314. The van der Waals surface area contributed by atoms with Crippen LogP contribution < -0.4 is 11.1 Å². The van der Waals surface area contributed by atoms with Gasteiger partial charge < -0.3 is 16.2 Å². The molecule has 1 amide bonds. The van der Waals surface area contributed by atoms with Crippen LogP contribution >= 0.6 is 11.5 Å². The molecule has 0 aliphatic rings. The molecule has 1 rings (SSSR count). The smallest absolute Gasteiger partial charge is 0.248 e. The van der Waals surface area contributed by atoms with Gasteiger partial charge in [-0.1, -0.05) is 6.92 Å². The van der Waals surface area contributed by atoms with Gasteiger partial charge in [-0.15, -0.1) is 0 Å². The van der Waals surface area contributed by atoms with Crippen LogP contribution in [0.3, 0.4) is 0 Å². The van der Waals surface area contributed by atoms with Gasteiger partial charge in [0, 0.05) is 18.0 Å². The Labute approximate surface area is 85.3 Å². The Morgan fingerprint density at radius 3 is 3.00 bits per heavy atom. The van der Waals surface area contributed by atoms with Crippen LogP contribution in [-0.4, -0.2) is 33.0 Å². The first-order chi connectivity index (χ1) is 6.63. The van der Waals surface area contributed by atoms with Crippen LogP contribution in [0.5, 0.6) is 0 Å². The van der Waals surface area contributed by atoms with E-state index in [1.165, 1.54) is 11.5 Å². The summed E-state index contributed by atoms with van der Waals surface area (Å²) in [5.74, 6) is -0.0104. The lowest BCUT2D eigenvalue weighted by atomic mass is 10.3. The molecule has 1 atom stereocenters. The van der Waals surface area contributed by atoms with E-state index in [-0.39, 0.29) is 6.54 Å². The molecule has 7 heteroatoms. The van der Waals surface area contributed by atoms with Crippen LogP contribution in [0.4, 0.5) is 5.13 Å². The van der Waals surface area contributed by atoms with Crippen molar-refractivity contribution in [1.29, 1.82) is 0 Å². The highest BCUT2D eigenvalue weighted by molar-refractivity contribution is 7.09. The number of carbonyl (C=O) groups is 1. The van der Waals surface area contributed by atoms with Gasteiger partial charge in [0.25, 0.3) is 0 Å². The third-order valence-corrected chi connectivity index (χ3v) is 2.27. The molecule has 0 spiro atoms. The molecule has 0 radical (unpaired) electrons. The number of carbonyl (C=O) groups excluding carboxylic acids is 1. The van der Waals surface area contributed by atoms with Crippen molar-refractivity contribution >= 4 is 22.6 Å². The Morgan fingerprint density at radius 1 is 1.79 bits per heavy atom. The van der Waals surface area contributed by atoms with E-state index >= 15 is 0 Å². The van der Waals surface area contributed by atoms with Crippen molar-refractivity contribution in [3.63, 3.8) is 0 Å². The summed E-state index contributed by atoms with van der Waals surface area (Å²) in [6, 6.07) is 0. The highest BCUT2D eigenvalue weighted by Gasteiger charge is 2.11. The van der Waals surface area contributed by atoms with E-state index < -0.39 is 12.0 Å². The number of aliphatic hydroxyl groups is 1. The average molecular weight is 216 g/mol. The van der Waals surface area contributed by atoms with Crippen LogP contribution in [0, 0.1) is 0 Å². The molecule has 0 aliphatic heterocycles. The Hall–Kier alpha value is -1.21. The zero-order chi connectivity index (χ0) is 10.6. The summed E-state index contributed by atoms with van der Waals surface area (Å²) in [6.07, 6.45) is -0.430. The largest absolute Gasteiger partial charge is 0.381 e. The van der Waals surface area contributed by atoms with Gasteiger partial charge in [-0.2, -0.15) is 4.37 Å². The van der Waals surface area contributed by atoms with E-state index in [1.54, 1.807) is 0 Å². The molecule has 0 saturated carbocycles. The molecule has 0 aliphatic carbocycles. The second kappa shape index (κ2) is 4.87. The average Bonchev–Trinajstić information content (AvgIpc) is 2.61. The first-order valence-corrected chi connectivity index (χ1v) is 4.94. The van der Waals surface area contributed by atoms with Crippen molar-refractivity contribution in [1.82, 2.24) is 9.36 Å². The lowest BCUT2D eigenvalue weighted by Gasteiger charge is -2.05. The number of rotatable bonds is 5. The van der Waals surface area contributed by atoms with Crippen molar-refractivity contribution in [2.24, 2.45) is 5.73 Å². The van der Waals surface area contributed by atoms with Gasteiger partial charge in [0.05, 0.1) is 6.54 Å². The number of nitrogens with one attached hydrogen (secondary N) is 1. The number of amides is 1. The third-order valence-electron chi connectivity index (χ3n) is 1.56. The number of hydrogen-bond donors (Lipinski definition) is 3. The number of aromatic nitrogens is 2. The third kappa shape index (κ3) is 2.93. The summed E-state index contributed by atoms with van der Waals surface area (Å²) in [4.78, 5) is 14.6. The van der Waals surface area contributed by atoms with Crippen LogP contribution in [-0.2, 0) is 11.2 Å². The summed E-state index contributed by atoms with van der Waals surface area (Å²) >= 11 is 1.19. The van der Waals surface area contributed by atoms with Crippen molar-refractivity contribution in [3.05, 3.63) is 5.82 Å². The number of primary amides is 1. The number of nitrogens with zero attached hydrogens (tertiary/aromatic N) is 2. The van der Waals surface area contributed by atoms with Gasteiger partial charge in [0.1, 0.15) is 11.9 Å². The lowest BCUT2D eigenvalue weighted by molar-refractivity contribution is -0.125. The molecule has 0 saturated heterocycles. The van der Waals surface area contributed by atoms with Gasteiger partial charge in [-0.3, -0.25) is 4.79 Å². The Balaban J connectivity index is 2.41. The summed E-state index contributed by atoms with van der Waals surface area (Å²) in [5.41, 5.74) is 4.87. The molecule has 1 heterocycles. The summed E-state index contributed by atoms with van der Waals surface area (Å²) in [6.45, 7) is 2.01. The number of aliphatic hydroxyl groups excluding tert-OH is 1. The monoisotopic (exact) mass is 216 g/mol. The minimum absolute atomic E-state index is 0.0632. The maximum atomic E-state index is 10.5. The molecule has 0 fully saturated rings. The first kappa shape index (κ1) is 10.9. The van der Waals surface area contributed by atoms with Crippen molar-refractivity contribution in [2.45, 2.75) is 19.4 Å². The zero-order valence-electron chi connectivity index (χ0n) is 7.73. The maximum absolute atomic E-state index is 10.5.